The molecule has 0 fully saturated rings. The second-order valence-corrected chi connectivity index (χ2v) is 8.03. The lowest BCUT2D eigenvalue weighted by atomic mass is 9.88. The molecule has 8 heteroatoms. The van der Waals surface area contributed by atoms with E-state index in [2.05, 4.69) is 10.1 Å². The van der Waals surface area contributed by atoms with Gasteiger partial charge in [0.1, 0.15) is 0 Å². The van der Waals surface area contributed by atoms with E-state index in [9.17, 15) is 14.4 Å². The molecule has 2 aromatic rings. The van der Waals surface area contributed by atoms with Gasteiger partial charge in [-0.2, -0.15) is 0 Å². The van der Waals surface area contributed by atoms with Crippen molar-refractivity contribution in [3.05, 3.63) is 69.2 Å². The summed E-state index contributed by atoms with van der Waals surface area (Å²) < 4.78 is 4.54. The molecule has 0 aliphatic heterocycles. The minimum atomic E-state index is -0.815. The summed E-state index contributed by atoms with van der Waals surface area (Å²) in [6, 6.07) is 11.1. The molecular weight excluding hydrogens is 439 g/mol. The number of hydrogen-bond donors (Lipinski definition) is 2. The molecule has 0 radical (unpaired) electrons. The molecule has 1 amide bonds. The number of hydrogen-bond acceptors (Lipinski definition) is 5. The molecule has 2 rings (SSSR count). The molecule has 0 spiro atoms. The highest BCUT2D eigenvalue weighted by Gasteiger charge is 2.22. The largest absolute Gasteiger partial charge is 0.469 e. The SMILES string of the molecule is CC[C@@H](CC(=O)C(N)c1cc(Cl)cc(Cl)c1)c1ccc(C(=O)NCCC(=O)OC)cc1. The lowest BCUT2D eigenvalue weighted by Gasteiger charge is -2.18. The van der Waals surface area contributed by atoms with Crippen molar-refractivity contribution in [2.75, 3.05) is 13.7 Å². The molecule has 0 aromatic heterocycles. The number of carbonyl (C=O) groups is 3. The highest BCUT2D eigenvalue weighted by Crippen LogP contribution is 2.28. The molecule has 3 N–H and O–H groups in total. The van der Waals surface area contributed by atoms with Crippen LogP contribution < -0.4 is 11.1 Å². The van der Waals surface area contributed by atoms with E-state index in [1.165, 1.54) is 7.11 Å². The van der Waals surface area contributed by atoms with Gasteiger partial charge in [-0.15, -0.1) is 0 Å². The van der Waals surface area contributed by atoms with Crippen molar-refractivity contribution in [1.82, 2.24) is 5.32 Å². The number of carbonyl (C=O) groups excluding carboxylic acids is 3. The van der Waals surface area contributed by atoms with Gasteiger partial charge < -0.3 is 15.8 Å². The molecule has 6 nitrogen and oxygen atoms in total. The Hall–Kier alpha value is -2.41. The van der Waals surface area contributed by atoms with Gasteiger partial charge in [0, 0.05) is 28.6 Å². The van der Waals surface area contributed by atoms with Gasteiger partial charge >= 0.3 is 5.97 Å². The molecule has 0 saturated heterocycles. The zero-order chi connectivity index (χ0) is 23.0. The maximum Gasteiger partial charge on any atom is 0.307 e. The molecule has 0 saturated carbocycles. The molecule has 1 unspecified atom stereocenters. The molecule has 0 aliphatic carbocycles. The summed E-state index contributed by atoms with van der Waals surface area (Å²) in [5.41, 5.74) is 8.14. The number of benzene rings is 2. The highest BCUT2D eigenvalue weighted by atomic mass is 35.5. The first kappa shape index (κ1) is 24.9. The average Bonchev–Trinajstić information content (AvgIpc) is 2.75. The van der Waals surface area contributed by atoms with Gasteiger partial charge in [-0.1, -0.05) is 42.3 Å². The van der Waals surface area contributed by atoms with Gasteiger partial charge in [0.15, 0.2) is 5.78 Å². The third kappa shape index (κ3) is 7.35. The van der Waals surface area contributed by atoms with Gasteiger partial charge in [0.25, 0.3) is 5.91 Å². The maximum absolute atomic E-state index is 12.8. The monoisotopic (exact) mass is 464 g/mol. The summed E-state index contributed by atoms with van der Waals surface area (Å²) >= 11 is 12.0. The van der Waals surface area contributed by atoms with Crippen LogP contribution in [0.3, 0.4) is 0 Å². The molecule has 0 bridgehead atoms. The van der Waals surface area contributed by atoms with Gasteiger partial charge in [-0.3, -0.25) is 14.4 Å². The number of Topliss-reactive ketones (excluding diaryl/α,β-unsaturated/α-hetero) is 1. The normalized spacial score (nSPS) is 12.7. The van der Waals surface area contributed by atoms with E-state index in [0.717, 1.165) is 12.0 Å². The van der Waals surface area contributed by atoms with Crippen molar-refractivity contribution in [3.63, 3.8) is 0 Å². The van der Waals surface area contributed by atoms with E-state index in [1.807, 2.05) is 19.1 Å². The van der Waals surface area contributed by atoms with Gasteiger partial charge in [-0.05, 0) is 53.8 Å². The summed E-state index contributed by atoms with van der Waals surface area (Å²) in [5.74, 6) is -0.816. The lowest BCUT2D eigenvalue weighted by Crippen LogP contribution is -2.26. The fourth-order valence-corrected chi connectivity index (χ4v) is 3.74. The fraction of sp³-hybridized carbons (Fsp3) is 0.348. The Bertz CT molecular complexity index is 911. The molecule has 2 aromatic carbocycles. The number of halogens is 2. The smallest absolute Gasteiger partial charge is 0.307 e. The minimum Gasteiger partial charge on any atom is -0.469 e. The molecular formula is C23H26Cl2N2O4. The predicted molar refractivity (Wildman–Crippen MR) is 121 cm³/mol. The Morgan fingerprint density at radius 2 is 1.65 bits per heavy atom. The Balaban J connectivity index is 2.01. The van der Waals surface area contributed by atoms with Crippen LogP contribution >= 0.6 is 23.2 Å². The average molecular weight is 465 g/mol. The Kier molecular flexibility index (Phi) is 9.49. The first-order valence-electron chi connectivity index (χ1n) is 9.94. The van der Waals surface area contributed by atoms with Gasteiger partial charge in [0.2, 0.25) is 0 Å². The predicted octanol–water partition coefficient (Wildman–Crippen LogP) is 4.44. The number of esters is 1. The topological polar surface area (TPSA) is 98.5 Å². The van der Waals surface area contributed by atoms with Gasteiger partial charge in [0.05, 0.1) is 19.6 Å². The van der Waals surface area contributed by atoms with E-state index in [1.54, 1.807) is 30.3 Å². The highest BCUT2D eigenvalue weighted by molar-refractivity contribution is 6.34. The Morgan fingerprint density at radius 3 is 2.19 bits per heavy atom. The zero-order valence-electron chi connectivity index (χ0n) is 17.5. The van der Waals surface area contributed by atoms with E-state index in [-0.39, 0.29) is 43.0 Å². The van der Waals surface area contributed by atoms with Crippen molar-refractivity contribution >= 4 is 40.9 Å². The molecule has 0 aliphatic rings. The number of ketones is 1. The van der Waals surface area contributed by atoms with Crippen molar-refractivity contribution < 1.29 is 19.1 Å². The molecule has 2 atom stereocenters. The van der Waals surface area contributed by atoms with Crippen LogP contribution in [0.5, 0.6) is 0 Å². The van der Waals surface area contributed by atoms with Crippen LogP contribution in [-0.2, 0) is 14.3 Å². The van der Waals surface area contributed by atoms with E-state index >= 15 is 0 Å². The van der Waals surface area contributed by atoms with Crippen LogP contribution in [0.25, 0.3) is 0 Å². The quantitative estimate of drug-likeness (QED) is 0.506. The summed E-state index contributed by atoms with van der Waals surface area (Å²) in [5, 5.41) is 3.53. The number of amides is 1. The van der Waals surface area contributed by atoms with Gasteiger partial charge in [-0.25, -0.2) is 0 Å². The van der Waals surface area contributed by atoms with Crippen molar-refractivity contribution in [2.24, 2.45) is 5.73 Å². The third-order valence-corrected chi connectivity index (χ3v) is 5.45. The van der Waals surface area contributed by atoms with E-state index < -0.39 is 6.04 Å². The standard InChI is InChI=1S/C23H26Cl2N2O4/c1-3-14(12-20(28)22(26)17-10-18(24)13-19(25)11-17)15-4-6-16(7-5-15)23(30)27-9-8-21(29)31-2/h4-7,10-11,13-14,22H,3,8-9,12,26H2,1-2H3,(H,27,30)/t14-,22?/m0/s1. The van der Waals surface area contributed by atoms with Crippen LogP contribution in [0.4, 0.5) is 0 Å². The molecule has 166 valence electrons. The van der Waals surface area contributed by atoms with Crippen molar-refractivity contribution in [3.8, 4) is 0 Å². The number of rotatable bonds is 10. The van der Waals surface area contributed by atoms with Crippen LogP contribution in [0.1, 0.15) is 59.6 Å². The number of nitrogens with two attached hydrogens (primary N) is 1. The minimum absolute atomic E-state index is 0.0374. The summed E-state index contributed by atoms with van der Waals surface area (Å²) in [6.45, 7) is 2.19. The van der Waals surface area contributed by atoms with Crippen LogP contribution in [-0.4, -0.2) is 31.3 Å². The third-order valence-electron chi connectivity index (χ3n) is 5.02. The Labute approximate surface area is 192 Å². The summed E-state index contributed by atoms with van der Waals surface area (Å²) in [7, 11) is 1.30. The fourth-order valence-electron chi connectivity index (χ4n) is 3.20. The first-order chi connectivity index (χ1) is 14.7. The summed E-state index contributed by atoms with van der Waals surface area (Å²) in [4.78, 5) is 36.1. The number of ether oxygens (including phenoxy) is 1. The second kappa shape index (κ2) is 11.8. The van der Waals surface area contributed by atoms with Crippen LogP contribution in [0.15, 0.2) is 42.5 Å². The molecule has 31 heavy (non-hydrogen) atoms. The van der Waals surface area contributed by atoms with E-state index in [4.69, 9.17) is 28.9 Å². The number of methoxy groups -OCH3 is 1. The van der Waals surface area contributed by atoms with E-state index in [0.29, 0.717) is 21.2 Å². The number of nitrogens with one attached hydrogen (secondary N) is 1. The Morgan fingerprint density at radius 1 is 1.03 bits per heavy atom. The van der Waals surface area contributed by atoms with Crippen LogP contribution in [0.2, 0.25) is 10.0 Å². The van der Waals surface area contributed by atoms with Crippen LogP contribution in [0, 0.1) is 0 Å². The zero-order valence-corrected chi connectivity index (χ0v) is 19.0. The van der Waals surface area contributed by atoms with Crippen molar-refractivity contribution in [2.45, 2.75) is 38.1 Å². The molecule has 0 heterocycles. The maximum atomic E-state index is 12.8. The lowest BCUT2D eigenvalue weighted by molar-refractivity contribution is -0.140. The first-order valence-corrected chi connectivity index (χ1v) is 10.7. The van der Waals surface area contributed by atoms with Crippen molar-refractivity contribution in [1.29, 1.82) is 0 Å². The summed E-state index contributed by atoms with van der Waals surface area (Å²) in [6.07, 6.45) is 1.10. The second-order valence-electron chi connectivity index (χ2n) is 7.16.